The summed E-state index contributed by atoms with van der Waals surface area (Å²) in [5.74, 6) is 0.00183. The first-order valence-electron chi connectivity index (χ1n) is 7.32. The summed E-state index contributed by atoms with van der Waals surface area (Å²) in [4.78, 5) is 32.7. The summed E-state index contributed by atoms with van der Waals surface area (Å²) in [6.45, 7) is 0. The van der Waals surface area contributed by atoms with E-state index in [4.69, 9.17) is 11.6 Å². The van der Waals surface area contributed by atoms with Gasteiger partial charge >= 0.3 is 6.03 Å². The van der Waals surface area contributed by atoms with E-state index in [1.165, 1.54) is 6.20 Å². The topological polar surface area (TPSA) is 84.0 Å². The molecule has 0 atom stereocenters. The van der Waals surface area contributed by atoms with Crippen LogP contribution in [0.5, 0.6) is 0 Å². The third kappa shape index (κ3) is 3.86. The number of hydrogen-bond donors (Lipinski definition) is 2. The Hall–Kier alpha value is -1.99. The molecule has 1 aliphatic rings. The first kappa shape index (κ1) is 15.9. The van der Waals surface area contributed by atoms with Gasteiger partial charge in [0.05, 0.1) is 11.9 Å². The normalized spacial score (nSPS) is 14.7. The predicted molar refractivity (Wildman–Crippen MR) is 90.3 cm³/mol. The van der Waals surface area contributed by atoms with Crippen LogP contribution in [0.4, 0.5) is 15.6 Å². The van der Waals surface area contributed by atoms with Crippen LogP contribution in [-0.2, 0) is 0 Å². The molecule has 2 aromatic rings. The summed E-state index contributed by atoms with van der Waals surface area (Å²) >= 11 is 6.93. The average molecular weight is 351 g/mol. The third-order valence-electron chi connectivity index (χ3n) is 3.71. The first-order valence-corrected chi connectivity index (χ1v) is 8.51. The fourth-order valence-corrected chi connectivity index (χ4v) is 3.45. The van der Waals surface area contributed by atoms with Crippen LogP contribution >= 0.6 is 22.9 Å². The number of pyridine rings is 1. The minimum Gasteiger partial charge on any atom is -0.305 e. The molecule has 0 radical (unpaired) electrons. The molecule has 23 heavy (non-hydrogen) atoms. The van der Waals surface area contributed by atoms with Crippen LogP contribution in [0.1, 0.15) is 36.2 Å². The lowest BCUT2D eigenvalue weighted by molar-refractivity contribution is 0.0919. The number of carbonyl (C=O) groups excluding carboxylic acids is 2. The van der Waals surface area contributed by atoms with Gasteiger partial charge in [0.1, 0.15) is 10.0 Å². The summed E-state index contributed by atoms with van der Waals surface area (Å²) in [5.41, 5.74) is 0.719. The maximum Gasteiger partial charge on any atom is 0.325 e. The highest BCUT2D eigenvalue weighted by Crippen LogP contribution is 2.29. The number of amides is 2. The maximum absolute atomic E-state index is 12.5. The highest BCUT2D eigenvalue weighted by molar-refractivity contribution is 7.19. The average Bonchev–Trinajstić information content (AvgIpc) is 3.19. The van der Waals surface area contributed by atoms with Crippen molar-refractivity contribution in [3.63, 3.8) is 0 Å². The van der Waals surface area contributed by atoms with Gasteiger partial charge in [0.2, 0.25) is 0 Å². The van der Waals surface area contributed by atoms with Crippen molar-refractivity contribution in [3.05, 3.63) is 34.6 Å². The summed E-state index contributed by atoms with van der Waals surface area (Å²) < 4.78 is 0.485. The number of ketones is 1. The van der Waals surface area contributed by atoms with Gasteiger partial charge in [-0.05, 0) is 25.0 Å². The zero-order chi connectivity index (χ0) is 16.2. The van der Waals surface area contributed by atoms with Crippen molar-refractivity contribution in [3.8, 4) is 0 Å². The standard InChI is InChI=1S/C15H15ClN4O2S/c16-11-8-18-15(23-11)20-14(22)19-10-6-3-7-17-12(10)13(21)9-4-1-2-5-9/h3,6-9H,1-2,4-5H2,(H2,18,19,20,22). The lowest BCUT2D eigenvalue weighted by atomic mass is 9.99. The number of nitrogens with zero attached hydrogens (tertiary/aromatic N) is 2. The van der Waals surface area contributed by atoms with Crippen LogP contribution in [0.25, 0.3) is 0 Å². The molecule has 6 nitrogen and oxygen atoms in total. The second-order valence-electron chi connectivity index (χ2n) is 5.29. The van der Waals surface area contributed by atoms with Gasteiger partial charge < -0.3 is 5.32 Å². The Bertz CT molecular complexity index is 728. The predicted octanol–water partition coefficient (Wildman–Crippen LogP) is 4.21. The number of thiazole rings is 1. The van der Waals surface area contributed by atoms with Gasteiger partial charge in [0.15, 0.2) is 10.9 Å². The Morgan fingerprint density at radius 1 is 1.22 bits per heavy atom. The van der Waals surface area contributed by atoms with Crippen LogP contribution in [0.2, 0.25) is 4.34 Å². The summed E-state index contributed by atoms with van der Waals surface area (Å²) in [6.07, 6.45) is 6.93. The van der Waals surface area contributed by atoms with Crippen molar-refractivity contribution in [2.75, 3.05) is 10.6 Å². The Balaban J connectivity index is 1.72. The van der Waals surface area contributed by atoms with Crippen molar-refractivity contribution in [2.45, 2.75) is 25.7 Å². The molecule has 0 aliphatic heterocycles. The molecule has 2 amide bonds. The van der Waals surface area contributed by atoms with Crippen molar-refractivity contribution in [1.29, 1.82) is 0 Å². The van der Waals surface area contributed by atoms with E-state index in [-0.39, 0.29) is 11.7 Å². The number of urea groups is 1. The van der Waals surface area contributed by atoms with Crippen molar-refractivity contribution in [2.24, 2.45) is 5.92 Å². The van der Waals surface area contributed by atoms with Gasteiger partial charge in [-0.1, -0.05) is 35.8 Å². The molecule has 3 rings (SSSR count). The molecular formula is C15H15ClN4O2S. The highest BCUT2D eigenvalue weighted by Gasteiger charge is 2.27. The fraction of sp³-hybridized carbons (Fsp3) is 0.333. The number of halogens is 1. The van der Waals surface area contributed by atoms with E-state index in [1.807, 2.05) is 0 Å². The lowest BCUT2D eigenvalue weighted by Gasteiger charge is -2.12. The van der Waals surface area contributed by atoms with Crippen LogP contribution in [0.15, 0.2) is 24.5 Å². The highest BCUT2D eigenvalue weighted by atomic mass is 35.5. The van der Waals surface area contributed by atoms with Crippen LogP contribution in [0.3, 0.4) is 0 Å². The summed E-state index contributed by atoms with van der Waals surface area (Å²) in [7, 11) is 0. The van der Waals surface area contributed by atoms with Gasteiger partial charge in [-0.3, -0.25) is 15.1 Å². The Kier molecular flexibility index (Phi) is 4.88. The maximum atomic E-state index is 12.5. The SMILES string of the molecule is O=C(Nc1ncc(Cl)s1)Nc1cccnc1C(=O)C1CCCC1. The molecular weight excluding hydrogens is 336 g/mol. The van der Waals surface area contributed by atoms with Gasteiger partial charge in [-0.2, -0.15) is 0 Å². The van der Waals surface area contributed by atoms with Crippen LogP contribution in [0, 0.1) is 5.92 Å². The third-order valence-corrected chi connectivity index (χ3v) is 4.74. The van der Waals surface area contributed by atoms with Gasteiger partial charge in [-0.25, -0.2) is 9.78 Å². The lowest BCUT2D eigenvalue weighted by Crippen LogP contribution is -2.22. The fourth-order valence-electron chi connectivity index (χ4n) is 2.65. The minimum atomic E-state index is -0.482. The molecule has 2 aromatic heterocycles. The summed E-state index contributed by atoms with van der Waals surface area (Å²) in [5, 5.41) is 5.63. The van der Waals surface area contributed by atoms with Gasteiger partial charge in [0.25, 0.3) is 0 Å². The quantitative estimate of drug-likeness (QED) is 0.809. The monoisotopic (exact) mass is 350 g/mol. The van der Waals surface area contributed by atoms with E-state index in [0.717, 1.165) is 37.0 Å². The number of aromatic nitrogens is 2. The van der Waals surface area contributed by atoms with E-state index in [2.05, 4.69) is 20.6 Å². The smallest absolute Gasteiger partial charge is 0.305 e. The molecule has 1 fully saturated rings. The zero-order valence-corrected chi connectivity index (χ0v) is 13.8. The van der Waals surface area contributed by atoms with Crippen LogP contribution < -0.4 is 10.6 Å². The second-order valence-corrected chi connectivity index (χ2v) is 6.96. The molecule has 2 heterocycles. The van der Waals surface area contributed by atoms with Crippen molar-refractivity contribution in [1.82, 2.24) is 9.97 Å². The second kappa shape index (κ2) is 7.06. The molecule has 0 aromatic carbocycles. The number of nitrogens with one attached hydrogen (secondary N) is 2. The summed E-state index contributed by atoms with van der Waals surface area (Å²) in [6, 6.07) is 2.87. The number of carbonyl (C=O) groups is 2. The molecule has 0 spiro atoms. The van der Waals surface area contributed by atoms with E-state index in [1.54, 1.807) is 18.3 Å². The molecule has 0 unspecified atom stereocenters. The number of rotatable bonds is 4. The van der Waals surface area contributed by atoms with Gasteiger partial charge in [-0.15, -0.1) is 0 Å². The number of anilines is 2. The number of hydrogen-bond acceptors (Lipinski definition) is 5. The van der Waals surface area contributed by atoms with E-state index in [0.29, 0.717) is 20.8 Å². The Morgan fingerprint density at radius 2 is 2.00 bits per heavy atom. The Morgan fingerprint density at radius 3 is 2.70 bits per heavy atom. The Labute approximate surface area is 142 Å². The molecule has 0 bridgehead atoms. The molecule has 1 saturated carbocycles. The van der Waals surface area contributed by atoms with E-state index < -0.39 is 6.03 Å². The van der Waals surface area contributed by atoms with Crippen molar-refractivity contribution >= 4 is 45.6 Å². The van der Waals surface area contributed by atoms with Crippen molar-refractivity contribution < 1.29 is 9.59 Å². The minimum absolute atomic E-state index is 0.00399. The molecule has 8 heteroatoms. The van der Waals surface area contributed by atoms with E-state index >= 15 is 0 Å². The number of Topliss-reactive ketones (excluding diaryl/α,β-unsaturated/α-hetero) is 1. The zero-order valence-electron chi connectivity index (χ0n) is 12.2. The van der Waals surface area contributed by atoms with Crippen LogP contribution in [-0.4, -0.2) is 21.8 Å². The molecule has 120 valence electrons. The van der Waals surface area contributed by atoms with E-state index in [9.17, 15) is 9.59 Å². The molecule has 2 N–H and O–H groups in total. The molecule has 1 aliphatic carbocycles. The molecule has 0 saturated heterocycles. The largest absolute Gasteiger partial charge is 0.325 e. The van der Waals surface area contributed by atoms with Gasteiger partial charge in [0, 0.05) is 12.1 Å². The first-order chi connectivity index (χ1) is 11.1.